The second-order valence-electron chi connectivity index (χ2n) is 3.35. The molecule has 102 valence electrons. The molecule has 0 aliphatic heterocycles. The van der Waals surface area contributed by atoms with Crippen LogP contribution in [0.25, 0.3) is 0 Å². The van der Waals surface area contributed by atoms with Gasteiger partial charge in [0.1, 0.15) is 9.77 Å². The largest absolute Gasteiger partial charge is 0.477 e. The highest BCUT2D eigenvalue weighted by atomic mass is 79.9. The van der Waals surface area contributed by atoms with Gasteiger partial charge in [-0.3, -0.25) is 4.98 Å². The Labute approximate surface area is 125 Å². The lowest BCUT2D eigenvalue weighted by atomic mass is 10.5. The molecule has 0 saturated heterocycles. The van der Waals surface area contributed by atoms with Gasteiger partial charge < -0.3 is 5.11 Å². The number of halogens is 1. The maximum atomic E-state index is 12.0. The lowest BCUT2D eigenvalue weighted by molar-refractivity contribution is 0.0702. The Morgan fingerprint density at radius 3 is 2.79 bits per heavy atom. The molecule has 0 fully saturated rings. The Morgan fingerprint density at radius 2 is 2.26 bits per heavy atom. The van der Waals surface area contributed by atoms with Crippen molar-refractivity contribution in [2.75, 3.05) is 0 Å². The molecule has 2 rings (SSSR count). The highest BCUT2D eigenvalue weighted by Crippen LogP contribution is 2.31. The van der Waals surface area contributed by atoms with Crippen LogP contribution in [0, 0.1) is 0 Å². The Balaban J connectivity index is 2.22. The summed E-state index contributed by atoms with van der Waals surface area (Å²) in [5.41, 5.74) is 1.60. The number of thiophene rings is 1. The molecule has 10 heteroatoms. The van der Waals surface area contributed by atoms with E-state index < -0.39 is 16.0 Å². The smallest absolute Gasteiger partial charge is 0.345 e. The molecular formula is C9H7BrN2O4S3. The lowest BCUT2D eigenvalue weighted by Gasteiger charge is -2.03. The molecule has 0 saturated carbocycles. The van der Waals surface area contributed by atoms with E-state index >= 15 is 0 Å². The van der Waals surface area contributed by atoms with Crippen LogP contribution in [0.1, 0.15) is 14.5 Å². The first-order valence-electron chi connectivity index (χ1n) is 4.80. The summed E-state index contributed by atoms with van der Waals surface area (Å²) in [7, 11) is -3.75. The van der Waals surface area contributed by atoms with Gasteiger partial charge in [0.05, 0.1) is 9.30 Å². The fraction of sp³-hybridized carbons (Fsp3) is 0.111. The second kappa shape index (κ2) is 5.67. The van der Waals surface area contributed by atoms with Crippen LogP contribution in [0.4, 0.5) is 0 Å². The van der Waals surface area contributed by atoms with Gasteiger partial charge in [-0.05, 0) is 22.0 Å². The monoisotopic (exact) mass is 382 g/mol. The summed E-state index contributed by atoms with van der Waals surface area (Å²) in [4.78, 5) is 15.3. The predicted octanol–water partition coefficient (Wildman–Crippen LogP) is 2.14. The van der Waals surface area contributed by atoms with E-state index in [4.69, 9.17) is 5.11 Å². The summed E-state index contributed by atoms with van der Waals surface area (Å²) < 4.78 is 26.7. The number of rotatable bonds is 5. The molecule has 2 aromatic heterocycles. The summed E-state index contributed by atoms with van der Waals surface area (Å²) in [6.45, 7) is 0.123. The number of carboxylic acid groups (broad SMARTS) is 1. The lowest BCUT2D eigenvalue weighted by Crippen LogP contribution is -2.22. The van der Waals surface area contributed by atoms with Crippen LogP contribution in [-0.4, -0.2) is 24.5 Å². The van der Waals surface area contributed by atoms with E-state index in [1.807, 2.05) is 0 Å². The highest BCUT2D eigenvalue weighted by Gasteiger charge is 2.22. The van der Waals surface area contributed by atoms with Crippen molar-refractivity contribution in [2.24, 2.45) is 0 Å². The van der Waals surface area contributed by atoms with Crippen LogP contribution in [0.5, 0.6) is 0 Å². The predicted molar refractivity (Wildman–Crippen MR) is 75.1 cm³/mol. The van der Waals surface area contributed by atoms with Crippen molar-refractivity contribution >= 4 is 54.6 Å². The Kier molecular flexibility index (Phi) is 4.36. The Morgan fingerprint density at radius 1 is 1.53 bits per heavy atom. The minimum atomic E-state index is -3.75. The minimum absolute atomic E-state index is 0.0370. The van der Waals surface area contributed by atoms with E-state index in [1.54, 1.807) is 11.7 Å². The number of sulfonamides is 1. The van der Waals surface area contributed by atoms with Gasteiger partial charge in [0.25, 0.3) is 0 Å². The quantitative estimate of drug-likeness (QED) is 0.825. The maximum absolute atomic E-state index is 12.0. The van der Waals surface area contributed by atoms with Crippen LogP contribution >= 0.6 is 38.6 Å². The molecule has 19 heavy (non-hydrogen) atoms. The van der Waals surface area contributed by atoms with E-state index in [9.17, 15) is 13.2 Å². The molecule has 0 aliphatic rings. The van der Waals surface area contributed by atoms with Crippen molar-refractivity contribution in [1.29, 1.82) is 0 Å². The first kappa shape index (κ1) is 14.6. The first-order valence-corrected chi connectivity index (χ1v) is 8.77. The summed E-state index contributed by atoms with van der Waals surface area (Å²) in [5, 5.41) is 8.84. The molecule has 0 unspecified atom stereocenters. The number of aromatic carboxylic acids is 1. The summed E-state index contributed by atoms with van der Waals surface area (Å²) >= 11 is 5.26. The zero-order valence-electron chi connectivity index (χ0n) is 9.16. The average molecular weight is 383 g/mol. The van der Waals surface area contributed by atoms with Crippen LogP contribution in [0.15, 0.2) is 26.5 Å². The van der Waals surface area contributed by atoms with Gasteiger partial charge in [-0.2, -0.15) is 0 Å². The SMILES string of the molecule is O=C(O)c1cc(S(=O)(=O)NCc2cncs2)c(Br)s1. The van der Waals surface area contributed by atoms with Gasteiger partial charge in [-0.1, -0.05) is 0 Å². The number of hydrogen-bond acceptors (Lipinski definition) is 6. The van der Waals surface area contributed by atoms with Gasteiger partial charge in [-0.25, -0.2) is 17.9 Å². The normalized spacial score (nSPS) is 11.6. The van der Waals surface area contributed by atoms with E-state index in [-0.39, 0.29) is 20.1 Å². The van der Waals surface area contributed by atoms with Gasteiger partial charge in [0.15, 0.2) is 0 Å². The topological polar surface area (TPSA) is 96.4 Å². The molecule has 0 radical (unpaired) electrons. The third-order valence-corrected chi connectivity index (χ3v) is 6.50. The van der Waals surface area contributed by atoms with Gasteiger partial charge in [0.2, 0.25) is 10.0 Å². The zero-order valence-corrected chi connectivity index (χ0v) is 13.2. The van der Waals surface area contributed by atoms with Crippen LogP contribution < -0.4 is 4.72 Å². The van der Waals surface area contributed by atoms with E-state index in [0.29, 0.717) is 0 Å². The third-order valence-electron chi connectivity index (χ3n) is 2.08. The second-order valence-corrected chi connectivity index (χ2v) is 8.42. The zero-order chi connectivity index (χ0) is 14.0. The number of aromatic nitrogens is 1. The number of carboxylic acids is 1. The van der Waals surface area contributed by atoms with Crippen LogP contribution in [0.3, 0.4) is 0 Å². The molecule has 0 atom stereocenters. The number of nitrogens with zero attached hydrogens (tertiary/aromatic N) is 1. The van der Waals surface area contributed by atoms with Crippen molar-refractivity contribution in [3.05, 3.63) is 31.3 Å². The third kappa shape index (κ3) is 3.39. The van der Waals surface area contributed by atoms with E-state index in [0.717, 1.165) is 22.3 Å². The Hall–Kier alpha value is -0.810. The summed E-state index contributed by atoms with van der Waals surface area (Å²) in [6.07, 6.45) is 1.57. The van der Waals surface area contributed by atoms with E-state index in [2.05, 4.69) is 25.6 Å². The molecule has 2 heterocycles. The van der Waals surface area contributed by atoms with Gasteiger partial charge in [0, 0.05) is 17.6 Å². The molecule has 0 aliphatic carbocycles. The summed E-state index contributed by atoms with van der Waals surface area (Å²) in [6, 6.07) is 1.13. The molecule has 0 bridgehead atoms. The first-order chi connectivity index (χ1) is 8.90. The summed E-state index contributed by atoms with van der Waals surface area (Å²) in [5.74, 6) is -1.16. The molecule has 0 amide bonds. The van der Waals surface area contributed by atoms with Gasteiger partial charge in [-0.15, -0.1) is 22.7 Å². The van der Waals surface area contributed by atoms with Crippen molar-refractivity contribution in [3.63, 3.8) is 0 Å². The van der Waals surface area contributed by atoms with Crippen LogP contribution in [0.2, 0.25) is 0 Å². The number of hydrogen-bond donors (Lipinski definition) is 2. The van der Waals surface area contributed by atoms with Crippen LogP contribution in [-0.2, 0) is 16.6 Å². The van der Waals surface area contributed by atoms with Crippen molar-refractivity contribution < 1.29 is 18.3 Å². The number of carbonyl (C=O) groups is 1. The Bertz CT molecular complexity index is 693. The van der Waals surface area contributed by atoms with Crippen molar-refractivity contribution in [3.8, 4) is 0 Å². The fourth-order valence-electron chi connectivity index (χ4n) is 1.21. The fourth-order valence-corrected chi connectivity index (χ4v) is 5.25. The van der Waals surface area contributed by atoms with Gasteiger partial charge >= 0.3 is 5.97 Å². The number of nitrogens with one attached hydrogen (secondary N) is 1. The molecule has 2 aromatic rings. The molecule has 6 nitrogen and oxygen atoms in total. The van der Waals surface area contributed by atoms with E-state index in [1.165, 1.54) is 11.3 Å². The average Bonchev–Trinajstić information content (AvgIpc) is 2.95. The molecular weight excluding hydrogens is 376 g/mol. The maximum Gasteiger partial charge on any atom is 0.345 e. The van der Waals surface area contributed by atoms with Crippen molar-refractivity contribution in [1.82, 2.24) is 9.71 Å². The highest BCUT2D eigenvalue weighted by molar-refractivity contribution is 9.11. The standard InChI is InChI=1S/C9H7BrN2O4S3/c10-8-7(1-6(18-8)9(13)14)19(15,16)12-3-5-2-11-4-17-5/h1-2,4,12H,3H2,(H,13,14). The number of thiazole rings is 1. The molecule has 2 N–H and O–H groups in total. The molecule has 0 aromatic carbocycles. The van der Waals surface area contributed by atoms with Crippen molar-refractivity contribution in [2.45, 2.75) is 11.4 Å². The minimum Gasteiger partial charge on any atom is -0.477 e. The molecule has 0 spiro atoms.